The third-order valence-corrected chi connectivity index (χ3v) is 7.60. The molecule has 2 aliphatic carbocycles. The van der Waals surface area contributed by atoms with Crippen LogP contribution in [-0.2, 0) is 7.05 Å². The Balaban J connectivity index is 1.26. The highest BCUT2D eigenvalue weighted by atomic mass is 35.5. The Morgan fingerprint density at radius 3 is 2.78 bits per heavy atom. The van der Waals surface area contributed by atoms with Crippen molar-refractivity contribution in [1.82, 2.24) is 33.7 Å². The Morgan fingerprint density at radius 2 is 2.03 bits per heavy atom. The summed E-state index contributed by atoms with van der Waals surface area (Å²) in [5.74, 6) is 1.70. The molecule has 0 radical (unpaired) electrons. The molecule has 2 aliphatic rings. The smallest absolute Gasteiger partial charge is 0.274 e. The third kappa shape index (κ3) is 3.65. The second-order valence-electron chi connectivity index (χ2n) is 9.63. The predicted molar refractivity (Wildman–Crippen MR) is 137 cm³/mol. The van der Waals surface area contributed by atoms with Gasteiger partial charge in [0.15, 0.2) is 17.1 Å². The van der Waals surface area contributed by atoms with E-state index < -0.39 is 6.10 Å². The van der Waals surface area contributed by atoms with Gasteiger partial charge in [0.05, 0.1) is 30.7 Å². The minimum atomic E-state index is -0.499. The Morgan fingerprint density at radius 1 is 1.16 bits per heavy atom. The summed E-state index contributed by atoms with van der Waals surface area (Å²) >= 11 is 6.76. The van der Waals surface area contributed by atoms with Crippen LogP contribution in [0, 0.1) is 0 Å². The number of aromatic nitrogens is 7. The molecular formula is C25H23ClN8O3. The Hall–Kier alpha value is -3.96. The fourth-order valence-corrected chi connectivity index (χ4v) is 5.11. The molecule has 188 valence electrons. The number of halogens is 1. The van der Waals surface area contributed by atoms with Gasteiger partial charge >= 0.3 is 0 Å². The van der Waals surface area contributed by atoms with Crippen molar-refractivity contribution in [2.45, 2.75) is 43.7 Å². The highest BCUT2D eigenvalue weighted by Crippen LogP contribution is 2.42. The van der Waals surface area contributed by atoms with Gasteiger partial charge in [-0.2, -0.15) is 10.1 Å². The zero-order valence-corrected chi connectivity index (χ0v) is 20.6. The van der Waals surface area contributed by atoms with Gasteiger partial charge in [-0.05, 0) is 43.2 Å². The van der Waals surface area contributed by atoms with Gasteiger partial charge in [0.1, 0.15) is 21.7 Å². The fourth-order valence-electron chi connectivity index (χ4n) is 4.82. The summed E-state index contributed by atoms with van der Waals surface area (Å²) in [6.45, 7) is 0. The summed E-state index contributed by atoms with van der Waals surface area (Å²) < 4.78 is 11.1. The van der Waals surface area contributed by atoms with Crippen molar-refractivity contribution in [3.63, 3.8) is 0 Å². The van der Waals surface area contributed by atoms with Crippen LogP contribution in [0.3, 0.4) is 0 Å². The van der Waals surface area contributed by atoms with Crippen LogP contribution in [0.15, 0.2) is 48.0 Å². The summed E-state index contributed by atoms with van der Waals surface area (Å²) in [7, 11) is 1.80. The zero-order valence-electron chi connectivity index (χ0n) is 19.9. The molecule has 5 heterocycles. The molecule has 2 unspecified atom stereocenters. The lowest BCUT2D eigenvalue weighted by Gasteiger charge is -2.34. The number of aryl methyl sites for hydroxylation is 1. The normalized spacial score (nSPS) is 19.3. The molecule has 0 saturated heterocycles. The van der Waals surface area contributed by atoms with E-state index in [4.69, 9.17) is 16.3 Å². The number of hydrogen-bond acceptors (Lipinski definition) is 8. The van der Waals surface area contributed by atoms with E-state index in [0.717, 1.165) is 24.8 Å². The maximum absolute atomic E-state index is 13.4. The molecule has 2 fully saturated rings. The van der Waals surface area contributed by atoms with Gasteiger partial charge in [0.25, 0.3) is 5.56 Å². The van der Waals surface area contributed by atoms with Gasteiger partial charge in [0, 0.05) is 25.6 Å². The molecule has 2 saturated carbocycles. The SMILES string of the molecule is Cn1c(Nc2cc(C3CC3)cn(C3CCC3O)c2=O)nc2ncc(Oc3cnn4ccncc34)c(Cl)c21. The van der Waals surface area contributed by atoms with E-state index >= 15 is 0 Å². The van der Waals surface area contributed by atoms with Crippen molar-refractivity contribution >= 4 is 39.9 Å². The zero-order chi connectivity index (χ0) is 25.3. The van der Waals surface area contributed by atoms with Crippen molar-refractivity contribution < 1.29 is 9.84 Å². The number of pyridine rings is 2. The second-order valence-corrected chi connectivity index (χ2v) is 10.0. The van der Waals surface area contributed by atoms with Crippen LogP contribution < -0.4 is 15.6 Å². The summed E-state index contributed by atoms with van der Waals surface area (Å²) in [4.78, 5) is 26.5. The van der Waals surface area contributed by atoms with Crippen LogP contribution in [0.25, 0.3) is 16.7 Å². The number of fused-ring (bicyclic) bond motifs is 2. The number of aliphatic hydroxyl groups is 1. The summed E-state index contributed by atoms with van der Waals surface area (Å²) in [5, 5.41) is 18.0. The quantitative estimate of drug-likeness (QED) is 0.346. The molecule has 7 rings (SSSR count). The maximum atomic E-state index is 13.4. The second kappa shape index (κ2) is 8.29. The van der Waals surface area contributed by atoms with Crippen LogP contribution in [0.1, 0.15) is 43.2 Å². The Bertz CT molecular complexity index is 1740. The van der Waals surface area contributed by atoms with Gasteiger partial charge < -0.3 is 24.3 Å². The van der Waals surface area contributed by atoms with E-state index in [1.807, 2.05) is 12.3 Å². The average molecular weight is 519 g/mol. The van der Waals surface area contributed by atoms with Crippen LogP contribution >= 0.6 is 11.6 Å². The van der Waals surface area contributed by atoms with E-state index in [1.54, 1.807) is 45.5 Å². The van der Waals surface area contributed by atoms with Gasteiger partial charge in [-0.25, -0.2) is 9.50 Å². The number of nitrogens with zero attached hydrogens (tertiary/aromatic N) is 7. The summed E-state index contributed by atoms with van der Waals surface area (Å²) in [6.07, 6.45) is 13.2. The standard InChI is InChI=1S/C25H23ClN8O3/c1-32-22-21(26)20(37-19-11-29-34-7-6-27-9-17(19)34)10-28-23(22)31-25(32)30-15-8-14(13-2-3-13)12-33(24(15)36)16-4-5-18(16)35/h6-13,16,18,35H,2-5H2,1H3,(H,28,30,31). The molecule has 0 spiro atoms. The minimum Gasteiger partial charge on any atom is -0.450 e. The molecule has 0 aliphatic heterocycles. The first-order chi connectivity index (χ1) is 18.0. The fraction of sp³-hybridized carbons (Fsp3) is 0.320. The molecule has 12 heteroatoms. The first kappa shape index (κ1) is 22.3. The molecule has 0 bridgehead atoms. The van der Waals surface area contributed by atoms with Crippen LogP contribution in [-0.4, -0.2) is 44.9 Å². The maximum Gasteiger partial charge on any atom is 0.274 e. The van der Waals surface area contributed by atoms with Crippen molar-refractivity contribution in [3.8, 4) is 11.5 Å². The molecule has 0 aromatic carbocycles. The monoisotopic (exact) mass is 518 g/mol. The predicted octanol–water partition coefficient (Wildman–Crippen LogP) is 3.94. The topological polar surface area (TPSA) is 124 Å². The molecule has 11 nitrogen and oxygen atoms in total. The van der Waals surface area contributed by atoms with Crippen LogP contribution in [0.4, 0.5) is 11.6 Å². The summed E-state index contributed by atoms with van der Waals surface area (Å²) in [6, 6.07) is 1.70. The average Bonchev–Trinajstić information content (AvgIpc) is 3.59. The lowest BCUT2D eigenvalue weighted by atomic mass is 9.88. The molecule has 5 aromatic heterocycles. The lowest BCUT2D eigenvalue weighted by Crippen LogP contribution is -2.39. The number of anilines is 2. The highest BCUT2D eigenvalue weighted by Gasteiger charge is 2.33. The van der Waals surface area contributed by atoms with E-state index in [9.17, 15) is 9.90 Å². The number of ether oxygens (including phenoxy) is 1. The number of nitrogens with one attached hydrogen (secondary N) is 1. The summed E-state index contributed by atoms with van der Waals surface area (Å²) in [5.41, 5.74) is 2.98. The van der Waals surface area contributed by atoms with Crippen LogP contribution in [0.5, 0.6) is 11.5 Å². The largest absolute Gasteiger partial charge is 0.450 e. The van der Waals surface area contributed by atoms with Crippen LogP contribution in [0.2, 0.25) is 5.02 Å². The Labute approximate surface area is 215 Å². The van der Waals surface area contributed by atoms with Crippen molar-refractivity contribution in [3.05, 3.63) is 64.2 Å². The number of hydrogen-bond donors (Lipinski definition) is 2. The molecule has 2 N–H and O–H groups in total. The van der Waals surface area contributed by atoms with Crippen molar-refractivity contribution in [2.75, 3.05) is 5.32 Å². The van der Waals surface area contributed by atoms with E-state index in [2.05, 4.69) is 25.4 Å². The molecular weight excluding hydrogens is 496 g/mol. The van der Waals surface area contributed by atoms with Gasteiger partial charge in [-0.1, -0.05) is 11.6 Å². The van der Waals surface area contributed by atoms with Crippen molar-refractivity contribution in [1.29, 1.82) is 0 Å². The van der Waals surface area contributed by atoms with Gasteiger partial charge in [-0.15, -0.1) is 0 Å². The van der Waals surface area contributed by atoms with E-state index in [0.29, 0.717) is 57.2 Å². The number of imidazole rings is 1. The van der Waals surface area contributed by atoms with E-state index in [1.165, 1.54) is 6.20 Å². The number of rotatable bonds is 6. The first-order valence-corrected chi connectivity index (χ1v) is 12.5. The third-order valence-electron chi connectivity index (χ3n) is 7.23. The molecule has 37 heavy (non-hydrogen) atoms. The molecule has 5 aromatic rings. The lowest BCUT2D eigenvalue weighted by molar-refractivity contribution is 0.0299. The number of aliphatic hydroxyl groups excluding tert-OH is 1. The van der Waals surface area contributed by atoms with Gasteiger partial charge in [-0.3, -0.25) is 9.78 Å². The Kier molecular flexibility index (Phi) is 4.98. The first-order valence-electron chi connectivity index (χ1n) is 12.1. The minimum absolute atomic E-state index is 0.190. The van der Waals surface area contributed by atoms with E-state index in [-0.39, 0.29) is 11.6 Å². The van der Waals surface area contributed by atoms with Gasteiger partial charge in [0.2, 0.25) is 5.95 Å². The molecule has 0 amide bonds. The molecule has 2 atom stereocenters. The van der Waals surface area contributed by atoms with Crippen molar-refractivity contribution in [2.24, 2.45) is 7.05 Å². The highest BCUT2D eigenvalue weighted by molar-refractivity contribution is 6.36.